The molecule has 0 bridgehead atoms. The summed E-state index contributed by atoms with van der Waals surface area (Å²) >= 11 is 1.52. The number of hydrogen-bond donors (Lipinski definition) is 1. The Hall–Kier alpha value is -3.45. The lowest BCUT2D eigenvalue weighted by atomic mass is 10.1. The number of amides is 1. The lowest BCUT2D eigenvalue weighted by molar-refractivity contribution is 0.102. The summed E-state index contributed by atoms with van der Waals surface area (Å²) < 4.78 is 11.4. The van der Waals surface area contributed by atoms with Crippen molar-refractivity contribution in [2.24, 2.45) is 4.99 Å². The third kappa shape index (κ3) is 5.14. The Morgan fingerprint density at radius 1 is 1.15 bits per heavy atom. The molecule has 7 heteroatoms. The van der Waals surface area contributed by atoms with Gasteiger partial charge in [0.25, 0.3) is 5.91 Å². The highest BCUT2D eigenvalue weighted by Crippen LogP contribution is 2.26. The molecule has 1 N–H and O–H groups in total. The van der Waals surface area contributed by atoms with Crippen LogP contribution >= 0.6 is 11.3 Å². The third-order valence-corrected chi connectivity index (χ3v) is 6.43. The third-order valence-electron chi connectivity index (χ3n) is 5.27. The standard InChI is InChI=1S/C26H27N3O3S/c1-5-7-21-23(6-2)33-26(28-21)29-24(30)20-15-17-14-19(31-4)12-13-22(17)32-25(20)27-18-10-8-16(3)9-11-18/h8-15H,5-7H2,1-4H3,(H,28,29,30). The molecule has 0 spiro atoms. The number of nitrogens with one attached hydrogen (secondary N) is 1. The summed E-state index contributed by atoms with van der Waals surface area (Å²) in [5.41, 5.74) is 4.09. The second-order valence-electron chi connectivity index (χ2n) is 7.76. The molecule has 6 nitrogen and oxygen atoms in total. The second kappa shape index (κ2) is 10.0. The number of hydrogen-bond acceptors (Lipinski definition) is 6. The fraction of sp³-hybridized carbons (Fsp3) is 0.269. The van der Waals surface area contributed by atoms with Gasteiger partial charge in [0.1, 0.15) is 16.9 Å². The topological polar surface area (TPSA) is 76.7 Å². The molecule has 2 aromatic heterocycles. The molecule has 170 valence electrons. The van der Waals surface area contributed by atoms with E-state index in [9.17, 15) is 4.79 Å². The van der Waals surface area contributed by atoms with E-state index in [1.807, 2.05) is 49.4 Å². The summed E-state index contributed by atoms with van der Waals surface area (Å²) in [5.74, 6) is 0.373. The fourth-order valence-electron chi connectivity index (χ4n) is 3.53. The lowest BCUT2D eigenvalue weighted by Gasteiger charge is -2.06. The minimum atomic E-state index is -0.311. The minimum Gasteiger partial charge on any atom is -0.497 e. The Balaban J connectivity index is 1.79. The Morgan fingerprint density at radius 3 is 2.64 bits per heavy atom. The molecule has 0 aliphatic carbocycles. The Bertz CT molecular complexity index is 1350. The molecular weight excluding hydrogens is 434 g/mol. The second-order valence-corrected chi connectivity index (χ2v) is 8.85. The van der Waals surface area contributed by atoms with E-state index >= 15 is 0 Å². The largest absolute Gasteiger partial charge is 0.497 e. The average molecular weight is 462 g/mol. The maximum absolute atomic E-state index is 13.3. The average Bonchev–Trinajstić information content (AvgIpc) is 3.21. The van der Waals surface area contributed by atoms with Crippen LogP contribution in [0.5, 0.6) is 5.75 Å². The number of benzene rings is 2. The normalized spacial score (nSPS) is 11.7. The van der Waals surface area contributed by atoms with Gasteiger partial charge in [0, 0.05) is 10.3 Å². The molecule has 0 saturated heterocycles. The first-order valence-electron chi connectivity index (χ1n) is 11.0. The van der Waals surface area contributed by atoms with Crippen molar-refractivity contribution in [1.82, 2.24) is 4.98 Å². The van der Waals surface area contributed by atoms with Crippen molar-refractivity contribution in [2.45, 2.75) is 40.0 Å². The van der Waals surface area contributed by atoms with E-state index < -0.39 is 0 Å². The molecule has 4 aromatic rings. The minimum absolute atomic E-state index is 0.245. The number of nitrogens with zero attached hydrogens (tertiary/aromatic N) is 2. The van der Waals surface area contributed by atoms with Gasteiger partial charge in [-0.25, -0.2) is 9.98 Å². The van der Waals surface area contributed by atoms with Crippen LogP contribution in [0, 0.1) is 6.92 Å². The van der Waals surface area contributed by atoms with Crippen molar-refractivity contribution in [3.63, 3.8) is 0 Å². The molecule has 2 heterocycles. The molecular formula is C26H27N3O3S. The summed E-state index contributed by atoms with van der Waals surface area (Å²) in [7, 11) is 1.61. The van der Waals surface area contributed by atoms with Crippen molar-refractivity contribution < 1.29 is 13.9 Å². The highest BCUT2D eigenvalue weighted by atomic mass is 32.1. The summed E-state index contributed by atoms with van der Waals surface area (Å²) in [5, 5.41) is 4.30. The maximum atomic E-state index is 13.3. The highest BCUT2D eigenvalue weighted by molar-refractivity contribution is 7.15. The van der Waals surface area contributed by atoms with Gasteiger partial charge in [-0.05, 0) is 56.2 Å². The molecule has 0 atom stereocenters. The Labute approximate surface area is 197 Å². The van der Waals surface area contributed by atoms with Gasteiger partial charge in [-0.3, -0.25) is 10.1 Å². The lowest BCUT2D eigenvalue weighted by Crippen LogP contribution is -2.21. The van der Waals surface area contributed by atoms with Crippen LogP contribution in [0.3, 0.4) is 0 Å². The van der Waals surface area contributed by atoms with E-state index in [0.29, 0.717) is 27.7 Å². The molecule has 1 amide bonds. The first kappa shape index (κ1) is 22.7. The number of anilines is 1. The van der Waals surface area contributed by atoms with Gasteiger partial charge >= 0.3 is 0 Å². The molecule has 0 aliphatic heterocycles. The van der Waals surface area contributed by atoms with E-state index in [1.165, 1.54) is 16.2 Å². The number of methoxy groups -OCH3 is 1. The van der Waals surface area contributed by atoms with Crippen LogP contribution in [0.4, 0.5) is 10.8 Å². The van der Waals surface area contributed by atoms with E-state index in [2.05, 4.69) is 29.1 Å². The van der Waals surface area contributed by atoms with Crippen LogP contribution in [-0.4, -0.2) is 18.0 Å². The molecule has 4 rings (SSSR count). The molecule has 2 aromatic carbocycles. The summed E-state index contributed by atoms with van der Waals surface area (Å²) in [6.07, 6.45) is 2.80. The number of fused-ring (bicyclic) bond motifs is 1. The van der Waals surface area contributed by atoms with E-state index in [4.69, 9.17) is 9.15 Å². The maximum Gasteiger partial charge on any atom is 0.262 e. The summed E-state index contributed by atoms with van der Waals surface area (Å²) in [6.45, 7) is 6.25. The molecule has 0 unspecified atom stereocenters. The van der Waals surface area contributed by atoms with Gasteiger partial charge in [0.15, 0.2) is 5.13 Å². The van der Waals surface area contributed by atoms with Gasteiger partial charge < -0.3 is 9.15 Å². The number of thiazole rings is 1. The highest BCUT2D eigenvalue weighted by Gasteiger charge is 2.17. The van der Waals surface area contributed by atoms with Crippen molar-refractivity contribution in [3.05, 3.63) is 75.8 Å². The van der Waals surface area contributed by atoms with Crippen LogP contribution in [0.25, 0.3) is 11.0 Å². The molecule has 0 radical (unpaired) electrons. The van der Waals surface area contributed by atoms with Crippen molar-refractivity contribution in [2.75, 3.05) is 12.4 Å². The van der Waals surface area contributed by atoms with Crippen LogP contribution in [0.2, 0.25) is 0 Å². The fourth-order valence-corrected chi connectivity index (χ4v) is 4.47. The number of carbonyl (C=O) groups is 1. The SMILES string of the molecule is CCCc1nc(NC(=O)c2cc3cc(OC)ccc3oc2=Nc2ccc(C)cc2)sc1CC. The molecule has 0 saturated carbocycles. The van der Waals surface area contributed by atoms with Gasteiger partial charge in [-0.15, -0.1) is 11.3 Å². The van der Waals surface area contributed by atoms with Crippen LogP contribution < -0.4 is 15.6 Å². The van der Waals surface area contributed by atoms with Gasteiger partial charge in [-0.2, -0.15) is 0 Å². The first-order chi connectivity index (χ1) is 16.0. The van der Waals surface area contributed by atoms with Crippen molar-refractivity contribution >= 4 is 39.0 Å². The zero-order valence-electron chi connectivity index (χ0n) is 19.3. The number of carbonyl (C=O) groups excluding carboxylic acids is 1. The van der Waals surface area contributed by atoms with Crippen LogP contribution in [0.15, 0.2) is 57.9 Å². The number of aryl methyl sites for hydroxylation is 3. The van der Waals surface area contributed by atoms with Crippen molar-refractivity contribution in [3.8, 4) is 5.75 Å². The van der Waals surface area contributed by atoms with Gasteiger partial charge in [0.2, 0.25) is 5.55 Å². The first-order valence-corrected chi connectivity index (χ1v) is 11.9. The summed E-state index contributed by atoms with van der Waals surface area (Å²) in [4.78, 5) is 23.8. The van der Waals surface area contributed by atoms with Gasteiger partial charge in [-0.1, -0.05) is 38.0 Å². The predicted octanol–water partition coefficient (Wildman–Crippen LogP) is 6.21. The van der Waals surface area contributed by atoms with Gasteiger partial charge in [0.05, 0.1) is 18.5 Å². The van der Waals surface area contributed by atoms with Crippen molar-refractivity contribution in [1.29, 1.82) is 0 Å². The molecule has 0 aliphatic rings. The van der Waals surface area contributed by atoms with E-state index in [0.717, 1.165) is 35.9 Å². The molecule has 33 heavy (non-hydrogen) atoms. The smallest absolute Gasteiger partial charge is 0.262 e. The number of rotatable bonds is 7. The number of ether oxygens (including phenoxy) is 1. The van der Waals surface area contributed by atoms with Crippen LogP contribution in [-0.2, 0) is 12.8 Å². The van der Waals surface area contributed by atoms with E-state index in [-0.39, 0.29) is 11.5 Å². The van der Waals surface area contributed by atoms with Crippen LogP contribution in [0.1, 0.15) is 46.8 Å². The number of aromatic nitrogens is 1. The monoisotopic (exact) mass is 461 g/mol. The zero-order chi connectivity index (χ0) is 23.4. The quantitative estimate of drug-likeness (QED) is 0.355. The Kier molecular flexibility index (Phi) is 6.89. The summed E-state index contributed by atoms with van der Waals surface area (Å²) in [6, 6.07) is 15.0. The zero-order valence-corrected chi connectivity index (χ0v) is 20.1. The predicted molar refractivity (Wildman–Crippen MR) is 133 cm³/mol. The van der Waals surface area contributed by atoms with E-state index in [1.54, 1.807) is 13.2 Å². The molecule has 0 fully saturated rings. The Morgan fingerprint density at radius 2 is 1.94 bits per heavy atom.